The highest BCUT2D eigenvalue weighted by Crippen LogP contribution is 2.21. The molecule has 17 heavy (non-hydrogen) atoms. The summed E-state index contributed by atoms with van der Waals surface area (Å²) in [6.07, 6.45) is 0. The van der Waals surface area contributed by atoms with Crippen molar-refractivity contribution in [1.29, 1.82) is 0 Å². The summed E-state index contributed by atoms with van der Waals surface area (Å²) in [6, 6.07) is 1.68. The minimum atomic E-state index is -0.519. The third-order valence-corrected chi connectivity index (χ3v) is 3.03. The molecule has 1 heterocycles. The third kappa shape index (κ3) is 3.74. The molecule has 94 valence electrons. The number of nitrogen functional groups attached to an aromatic ring is 1. The largest absolute Gasteiger partial charge is 0.397 e. The van der Waals surface area contributed by atoms with Crippen molar-refractivity contribution >= 4 is 28.8 Å². The lowest BCUT2D eigenvalue weighted by Crippen LogP contribution is -2.40. The van der Waals surface area contributed by atoms with Crippen molar-refractivity contribution in [3.05, 3.63) is 16.3 Å². The van der Waals surface area contributed by atoms with Crippen molar-refractivity contribution in [2.75, 3.05) is 18.8 Å². The molecule has 0 aliphatic rings. The summed E-state index contributed by atoms with van der Waals surface area (Å²) in [5, 5.41) is 1.75. The zero-order valence-corrected chi connectivity index (χ0v) is 10.8. The molecule has 0 bridgehead atoms. The molecule has 0 atom stereocenters. The second-order valence-corrected chi connectivity index (χ2v) is 5.17. The van der Waals surface area contributed by atoms with E-state index in [1.54, 1.807) is 11.4 Å². The molecule has 5 nitrogen and oxygen atoms in total. The molecule has 0 saturated heterocycles. The first-order valence-corrected chi connectivity index (χ1v) is 6.20. The van der Waals surface area contributed by atoms with Crippen molar-refractivity contribution in [3.63, 3.8) is 0 Å². The average molecular weight is 255 g/mol. The number of hydrogen-bond acceptors (Lipinski definition) is 4. The number of amides is 2. The van der Waals surface area contributed by atoms with E-state index in [9.17, 15) is 9.59 Å². The van der Waals surface area contributed by atoms with E-state index in [-0.39, 0.29) is 18.4 Å². The van der Waals surface area contributed by atoms with Gasteiger partial charge in [-0.25, -0.2) is 0 Å². The molecule has 6 heteroatoms. The summed E-state index contributed by atoms with van der Waals surface area (Å²) >= 11 is 1.27. The minimum absolute atomic E-state index is 0.0750. The van der Waals surface area contributed by atoms with Crippen LogP contribution < -0.4 is 11.5 Å². The fraction of sp³-hybridized carbons (Fsp3) is 0.455. The van der Waals surface area contributed by atoms with Crippen LogP contribution in [0.15, 0.2) is 11.4 Å². The zero-order chi connectivity index (χ0) is 13.0. The highest BCUT2D eigenvalue weighted by Gasteiger charge is 2.21. The summed E-state index contributed by atoms with van der Waals surface area (Å²) in [5.41, 5.74) is 11.3. The number of nitrogens with zero attached hydrogens (tertiary/aromatic N) is 1. The first-order chi connectivity index (χ1) is 7.91. The van der Waals surface area contributed by atoms with E-state index in [1.807, 2.05) is 13.8 Å². The van der Waals surface area contributed by atoms with Crippen molar-refractivity contribution in [1.82, 2.24) is 4.90 Å². The molecule has 0 aliphatic carbocycles. The van der Waals surface area contributed by atoms with Gasteiger partial charge in [-0.2, -0.15) is 0 Å². The Hall–Kier alpha value is -1.56. The normalized spacial score (nSPS) is 10.5. The SMILES string of the molecule is CC(C)CN(CC(N)=O)C(=O)c1sccc1N. The Kier molecular flexibility index (Phi) is 4.51. The van der Waals surface area contributed by atoms with Crippen molar-refractivity contribution < 1.29 is 9.59 Å². The Morgan fingerprint density at radius 3 is 2.53 bits per heavy atom. The number of primary amides is 1. The van der Waals surface area contributed by atoms with Crippen LogP contribution in [-0.4, -0.2) is 29.8 Å². The van der Waals surface area contributed by atoms with Crippen LogP contribution in [0.1, 0.15) is 23.5 Å². The number of anilines is 1. The fourth-order valence-corrected chi connectivity index (χ4v) is 2.27. The Labute approximate surface area is 104 Å². The molecule has 0 saturated carbocycles. The van der Waals surface area contributed by atoms with Gasteiger partial charge in [-0.15, -0.1) is 11.3 Å². The van der Waals surface area contributed by atoms with Crippen LogP contribution in [0.2, 0.25) is 0 Å². The van der Waals surface area contributed by atoms with Crippen LogP contribution in [0.25, 0.3) is 0 Å². The maximum atomic E-state index is 12.1. The van der Waals surface area contributed by atoms with Gasteiger partial charge in [-0.1, -0.05) is 13.8 Å². The molecule has 0 aliphatic heterocycles. The number of rotatable bonds is 5. The standard InChI is InChI=1S/C11H17N3O2S/c1-7(2)5-14(6-9(13)15)11(16)10-8(12)3-4-17-10/h3-4,7H,5-6,12H2,1-2H3,(H2,13,15). The number of thiophene rings is 1. The van der Waals surface area contributed by atoms with Gasteiger partial charge in [0.2, 0.25) is 5.91 Å². The molecular weight excluding hydrogens is 238 g/mol. The summed E-state index contributed by atoms with van der Waals surface area (Å²) in [6.45, 7) is 4.35. The molecule has 1 rings (SSSR count). The summed E-state index contributed by atoms with van der Waals surface area (Å²) in [5.74, 6) is -0.487. The number of carbonyl (C=O) groups is 2. The Bertz CT molecular complexity index is 415. The monoisotopic (exact) mass is 255 g/mol. The number of carbonyl (C=O) groups excluding carboxylic acids is 2. The van der Waals surface area contributed by atoms with Crippen LogP contribution in [-0.2, 0) is 4.79 Å². The van der Waals surface area contributed by atoms with Crippen LogP contribution in [0.5, 0.6) is 0 Å². The molecule has 1 aromatic rings. The molecule has 0 spiro atoms. The fourth-order valence-electron chi connectivity index (χ4n) is 1.48. The quantitative estimate of drug-likeness (QED) is 0.819. The first-order valence-electron chi connectivity index (χ1n) is 5.32. The van der Waals surface area contributed by atoms with Crippen LogP contribution in [0.3, 0.4) is 0 Å². The van der Waals surface area contributed by atoms with Gasteiger partial charge in [0.1, 0.15) is 4.88 Å². The van der Waals surface area contributed by atoms with Gasteiger partial charge >= 0.3 is 0 Å². The average Bonchev–Trinajstić information content (AvgIpc) is 2.61. The van der Waals surface area contributed by atoms with Gasteiger partial charge in [-0.3, -0.25) is 9.59 Å². The number of nitrogens with two attached hydrogens (primary N) is 2. The van der Waals surface area contributed by atoms with Crippen LogP contribution in [0, 0.1) is 5.92 Å². The van der Waals surface area contributed by atoms with E-state index in [4.69, 9.17) is 11.5 Å². The van der Waals surface area contributed by atoms with Gasteiger partial charge in [0, 0.05) is 6.54 Å². The van der Waals surface area contributed by atoms with Gasteiger partial charge in [-0.05, 0) is 17.4 Å². The molecule has 0 aromatic carbocycles. The smallest absolute Gasteiger partial charge is 0.266 e. The van der Waals surface area contributed by atoms with E-state index in [1.165, 1.54) is 16.2 Å². The van der Waals surface area contributed by atoms with Crippen molar-refractivity contribution in [2.45, 2.75) is 13.8 Å². The Morgan fingerprint density at radius 1 is 1.47 bits per heavy atom. The Balaban J connectivity index is 2.86. The molecule has 0 fully saturated rings. The molecule has 0 radical (unpaired) electrons. The predicted molar refractivity (Wildman–Crippen MR) is 68.7 cm³/mol. The van der Waals surface area contributed by atoms with E-state index in [0.717, 1.165) is 0 Å². The third-order valence-electron chi connectivity index (χ3n) is 2.11. The van der Waals surface area contributed by atoms with E-state index in [2.05, 4.69) is 0 Å². The van der Waals surface area contributed by atoms with Crippen LogP contribution in [0.4, 0.5) is 5.69 Å². The zero-order valence-electron chi connectivity index (χ0n) is 9.97. The maximum Gasteiger partial charge on any atom is 0.266 e. The van der Waals surface area contributed by atoms with E-state index >= 15 is 0 Å². The van der Waals surface area contributed by atoms with E-state index in [0.29, 0.717) is 17.1 Å². The highest BCUT2D eigenvalue weighted by molar-refractivity contribution is 7.12. The molecule has 1 aromatic heterocycles. The topological polar surface area (TPSA) is 89.4 Å². The minimum Gasteiger partial charge on any atom is -0.397 e. The van der Waals surface area contributed by atoms with Crippen molar-refractivity contribution in [2.24, 2.45) is 11.7 Å². The lowest BCUT2D eigenvalue weighted by atomic mass is 10.2. The summed E-state index contributed by atoms with van der Waals surface area (Å²) < 4.78 is 0. The van der Waals surface area contributed by atoms with Gasteiger partial charge < -0.3 is 16.4 Å². The number of hydrogen-bond donors (Lipinski definition) is 2. The second-order valence-electron chi connectivity index (χ2n) is 4.25. The highest BCUT2D eigenvalue weighted by atomic mass is 32.1. The van der Waals surface area contributed by atoms with Gasteiger partial charge in [0.15, 0.2) is 0 Å². The molecular formula is C11H17N3O2S. The molecule has 2 amide bonds. The van der Waals surface area contributed by atoms with E-state index < -0.39 is 5.91 Å². The lowest BCUT2D eigenvalue weighted by Gasteiger charge is -2.22. The van der Waals surface area contributed by atoms with Gasteiger partial charge in [0.25, 0.3) is 5.91 Å². The maximum absolute atomic E-state index is 12.1. The second kappa shape index (κ2) is 5.67. The summed E-state index contributed by atoms with van der Waals surface area (Å²) in [4.78, 5) is 25.0. The molecule has 0 unspecified atom stereocenters. The van der Waals surface area contributed by atoms with Crippen LogP contribution >= 0.6 is 11.3 Å². The Morgan fingerprint density at radius 2 is 2.12 bits per heavy atom. The lowest BCUT2D eigenvalue weighted by molar-refractivity contribution is -0.118. The van der Waals surface area contributed by atoms with Gasteiger partial charge in [0.05, 0.1) is 12.2 Å². The predicted octanol–water partition coefficient (Wildman–Crippen LogP) is 0.914. The van der Waals surface area contributed by atoms with Crippen molar-refractivity contribution in [3.8, 4) is 0 Å². The first kappa shape index (κ1) is 13.5. The molecule has 4 N–H and O–H groups in total. The summed E-state index contributed by atoms with van der Waals surface area (Å²) in [7, 11) is 0.